The molecule has 110 valence electrons. The fourth-order valence-corrected chi connectivity index (χ4v) is 4.22. The third-order valence-electron chi connectivity index (χ3n) is 5.28. The highest BCUT2D eigenvalue weighted by Gasteiger charge is 2.51. The smallest absolute Gasteiger partial charge is 0.246 e. The molecule has 0 saturated heterocycles. The van der Waals surface area contributed by atoms with E-state index < -0.39 is 0 Å². The van der Waals surface area contributed by atoms with Gasteiger partial charge in [0.1, 0.15) is 0 Å². The molecule has 4 atom stereocenters. The number of hydrogen-bond donors (Lipinski definition) is 0. The first-order valence-electron chi connectivity index (χ1n) is 7.54. The maximum atomic E-state index is 12.4. The van der Waals surface area contributed by atoms with Crippen molar-refractivity contribution in [1.82, 2.24) is 13.9 Å². The van der Waals surface area contributed by atoms with E-state index in [2.05, 4.69) is 30.4 Å². The predicted molar refractivity (Wildman–Crippen MR) is 82.5 cm³/mol. The number of allylic oxidation sites excluding steroid dienone is 4. The van der Waals surface area contributed by atoms with Crippen LogP contribution in [0.3, 0.4) is 0 Å². The molecule has 5 heteroatoms. The Morgan fingerprint density at radius 1 is 0.909 bits per heavy atom. The van der Waals surface area contributed by atoms with Crippen LogP contribution in [0.15, 0.2) is 58.1 Å². The molecule has 1 aromatic heterocycles. The first-order valence-corrected chi connectivity index (χ1v) is 7.54. The van der Waals surface area contributed by atoms with Crippen LogP contribution in [0, 0.1) is 11.8 Å². The standard InChI is InChI=1S/C17H15N3O2/c1-18-16(21)19-13-7-8-14(20(19)17(18)22)15-11(9-12(13)15)10-5-3-2-4-6-10/h2-9,12-15H,1H3/t12-,13+,14+,15+/m1/s1. The molecule has 3 heterocycles. The predicted octanol–water partition coefficient (Wildman–Crippen LogP) is 1.34. The van der Waals surface area contributed by atoms with Crippen molar-refractivity contribution in [1.29, 1.82) is 0 Å². The summed E-state index contributed by atoms with van der Waals surface area (Å²) in [6.07, 6.45) is 6.42. The summed E-state index contributed by atoms with van der Waals surface area (Å²) in [6, 6.07) is 10.2. The topological polar surface area (TPSA) is 48.9 Å². The molecule has 5 nitrogen and oxygen atoms in total. The zero-order valence-electron chi connectivity index (χ0n) is 12.1. The minimum Gasteiger partial charge on any atom is -0.246 e. The molecule has 0 fully saturated rings. The fourth-order valence-electron chi connectivity index (χ4n) is 4.22. The molecular weight excluding hydrogens is 278 g/mol. The first-order chi connectivity index (χ1) is 10.7. The van der Waals surface area contributed by atoms with Gasteiger partial charge in [0.15, 0.2) is 0 Å². The number of hydrogen-bond acceptors (Lipinski definition) is 2. The Balaban J connectivity index is 1.69. The van der Waals surface area contributed by atoms with E-state index in [0.29, 0.717) is 5.92 Å². The summed E-state index contributed by atoms with van der Waals surface area (Å²) >= 11 is 0. The fraction of sp³-hybridized carbons (Fsp3) is 0.294. The Morgan fingerprint density at radius 3 is 2.27 bits per heavy atom. The molecule has 2 bridgehead atoms. The van der Waals surface area contributed by atoms with E-state index in [1.807, 2.05) is 18.2 Å². The van der Waals surface area contributed by atoms with Gasteiger partial charge in [-0.3, -0.25) is 0 Å². The van der Waals surface area contributed by atoms with Crippen molar-refractivity contribution in [3.8, 4) is 0 Å². The van der Waals surface area contributed by atoms with E-state index >= 15 is 0 Å². The lowest BCUT2D eigenvalue weighted by Crippen LogP contribution is -2.51. The largest absolute Gasteiger partial charge is 0.347 e. The van der Waals surface area contributed by atoms with Crippen molar-refractivity contribution in [2.75, 3.05) is 0 Å². The molecule has 2 aliphatic heterocycles. The molecule has 0 amide bonds. The maximum Gasteiger partial charge on any atom is 0.347 e. The Morgan fingerprint density at radius 2 is 1.55 bits per heavy atom. The van der Waals surface area contributed by atoms with Crippen molar-refractivity contribution in [3.63, 3.8) is 0 Å². The van der Waals surface area contributed by atoms with Crippen LogP contribution in [-0.2, 0) is 7.05 Å². The summed E-state index contributed by atoms with van der Waals surface area (Å²) in [5.41, 5.74) is 2.06. The second kappa shape index (κ2) is 3.80. The van der Waals surface area contributed by atoms with E-state index in [1.165, 1.54) is 15.7 Å². The van der Waals surface area contributed by atoms with Crippen LogP contribution >= 0.6 is 0 Å². The van der Waals surface area contributed by atoms with Crippen LogP contribution < -0.4 is 11.4 Å². The van der Waals surface area contributed by atoms with Gasteiger partial charge in [0.2, 0.25) is 0 Å². The van der Waals surface area contributed by atoms with E-state index in [-0.39, 0.29) is 29.4 Å². The third-order valence-corrected chi connectivity index (χ3v) is 5.28. The van der Waals surface area contributed by atoms with Crippen LogP contribution in [0.2, 0.25) is 0 Å². The molecule has 2 aromatic rings. The van der Waals surface area contributed by atoms with E-state index in [1.54, 1.807) is 16.4 Å². The molecule has 1 aromatic carbocycles. The monoisotopic (exact) mass is 293 g/mol. The number of benzene rings is 1. The van der Waals surface area contributed by atoms with Gasteiger partial charge >= 0.3 is 11.4 Å². The van der Waals surface area contributed by atoms with Gasteiger partial charge in [0.05, 0.1) is 12.1 Å². The van der Waals surface area contributed by atoms with Crippen molar-refractivity contribution in [3.05, 3.63) is 75.1 Å². The first kappa shape index (κ1) is 12.0. The number of nitrogens with zero attached hydrogens (tertiary/aromatic N) is 3. The number of rotatable bonds is 1. The average Bonchev–Trinajstić information content (AvgIpc) is 2.75. The molecule has 2 aliphatic carbocycles. The maximum absolute atomic E-state index is 12.4. The van der Waals surface area contributed by atoms with Crippen LogP contribution in [0.5, 0.6) is 0 Å². The summed E-state index contributed by atoms with van der Waals surface area (Å²) in [5.74, 6) is 0.599. The second-order valence-corrected chi connectivity index (χ2v) is 6.27. The van der Waals surface area contributed by atoms with Crippen molar-refractivity contribution >= 4 is 5.57 Å². The lowest BCUT2D eigenvalue weighted by atomic mass is 9.62. The summed E-state index contributed by atoms with van der Waals surface area (Å²) in [6.45, 7) is 0. The van der Waals surface area contributed by atoms with Gasteiger partial charge in [-0.05, 0) is 11.1 Å². The summed E-state index contributed by atoms with van der Waals surface area (Å²) in [4.78, 5) is 24.7. The highest BCUT2D eigenvalue weighted by Crippen LogP contribution is 2.56. The van der Waals surface area contributed by atoms with Gasteiger partial charge < -0.3 is 0 Å². The van der Waals surface area contributed by atoms with Gasteiger partial charge in [-0.2, -0.15) is 0 Å². The molecular formula is C17H15N3O2. The van der Waals surface area contributed by atoms with Gasteiger partial charge in [-0.15, -0.1) is 0 Å². The van der Waals surface area contributed by atoms with E-state index in [9.17, 15) is 9.59 Å². The Labute approximate surface area is 126 Å². The lowest BCUT2D eigenvalue weighted by molar-refractivity contribution is 0.147. The summed E-state index contributed by atoms with van der Waals surface area (Å²) in [5, 5.41) is 0. The van der Waals surface area contributed by atoms with E-state index in [0.717, 1.165) is 0 Å². The normalized spacial score (nSPS) is 30.5. The van der Waals surface area contributed by atoms with Crippen LogP contribution in [0.25, 0.3) is 5.57 Å². The molecule has 22 heavy (non-hydrogen) atoms. The molecule has 0 saturated carbocycles. The Bertz CT molecular complexity index is 958. The Hall–Kier alpha value is -2.56. The second-order valence-electron chi connectivity index (χ2n) is 6.27. The molecule has 0 unspecified atom stereocenters. The third kappa shape index (κ3) is 1.21. The summed E-state index contributed by atoms with van der Waals surface area (Å²) in [7, 11) is 1.55. The minimum atomic E-state index is -0.220. The summed E-state index contributed by atoms with van der Waals surface area (Å²) < 4.78 is 4.48. The number of aromatic nitrogens is 3. The molecule has 0 spiro atoms. The van der Waals surface area contributed by atoms with Gasteiger partial charge in [-0.25, -0.2) is 23.5 Å². The van der Waals surface area contributed by atoms with E-state index in [4.69, 9.17) is 0 Å². The molecule has 6 rings (SSSR count). The van der Waals surface area contributed by atoms with Crippen molar-refractivity contribution in [2.24, 2.45) is 18.9 Å². The zero-order valence-corrected chi connectivity index (χ0v) is 12.1. The van der Waals surface area contributed by atoms with Crippen LogP contribution in [-0.4, -0.2) is 13.9 Å². The Kier molecular flexibility index (Phi) is 2.08. The highest BCUT2D eigenvalue weighted by atomic mass is 16.2. The van der Waals surface area contributed by atoms with Gasteiger partial charge in [-0.1, -0.05) is 48.6 Å². The lowest BCUT2D eigenvalue weighted by Gasteiger charge is -2.51. The van der Waals surface area contributed by atoms with Gasteiger partial charge in [0.25, 0.3) is 0 Å². The molecule has 4 aliphatic rings. The van der Waals surface area contributed by atoms with Crippen molar-refractivity contribution in [2.45, 2.75) is 12.1 Å². The van der Waals surface area contributed by atoms with Crippen LogP contribution in [0.1, 0.15) is 17.6 Å². The molecule has 0 radical (unpaired) electrons. The quantitative estimate of drug-likeness (QED) is 0.745. The highest BCUT2D eigenvalue weighted by molar-refractivity contribution is 5.75. The zero-order chi connectivity index (χ0) is 15.0. The minimum absolute atomic E-state index is 0.0381. The average molecular weight is 293 g/mol. The molecule has 0 N–H and O–H groups in total. The van der Waals surface area contributed by atoms with Gasteiger partial charge in [0, 0.05) is 18.9 Å². The SMILES string of the molecule is Cn1c(=O)n2n(c1=O)[C@H]1C=C[C@H]2[C@H]2C=C(c3ccccc3)[C@@H]21. The van der Waals surface area contributed by atoms with Crippen LogP contribution in [0.4, 0.5) is 0 Å². The van der Waals surface area contributed by atoms with Crippen molar-refractivity contribution < 1.29 is 0 Å².